The van der Waals surface area contributed by atoms with Gasteiger partial charge in [-0.2, -0.15) is 0 Å². The van der Waals surface area contributed by atoms with Crippen molar-refractivity contribution in [1.82, 2.24) is 0 Å². The van der Waals surface area contributed by atoms with E-state index in [0.29, 0.717) is 32.1 Å². The van der Waals surface area contributed by atoms with Crippen molar-refractivity contribution in [2.45, 2.75) is 84.0 Å². The molecule has 0 saturated carbocycles. The Morgan fingerprint density at radius 1 is 0.815 bits per heavy atom. The van der Waals surface area contributed by atoms with Gasteiger partial charge in [-0.1, -0.05) is 44.8 Å². The molecule has 7 heteroatoms. The van der Waals surface area contributed by atoms with Crippen molar-refractivity contribution in [1.29, 1.82) is 0 Å². The van der Waals surface area contributed by atoms with Crippen LogP contribution in [-0.4, -0.2) is 16.1 Å². The van der Waals surface area contributed by atoms with E-state index in [2.05, 4.69) is 6.92 Å². The van der Waals surface area contributed by atoms with E-state index in [1.54, 1.807) is 24.3 Å². The van der Waals surface area contributed by atoms with Gasteiger partial charge in [0.25, 0.3) is 0 Å². The molecule has 0 amide bonds. The molecular formula is C20H31N2O5. The molecule has 0 unspecified atom stereocenters. The zero-order valence-electron chi connectivity index (χ0n) is 16.2. The first-order chi connectivity index (χ1) is 13.0. The first-order valence-electron chi connectivity index (χ1n) is 9.69. The molecule has 0 aromatic carbocycles. The SMILES string of the molecule is CCCCC/C(=C/C/C=C/C/C=C(/CCCCCC[C]=O)[N+](=O)[O-])[N+](=O)[O-]. The highest BCUT2D eigenvalue weighted by Gasteiger charge is 2.09. The van der Waals surface area contributed by atoms with Crippen LogP contribution in [0.3, 0.4) is 0 Å². The summed E-state index contributed by atoms with van der Waals surface area (Å²) in [5.74, 6) is 0. The molecule has 0 spiro atoms. The molecule has 0 fully saturated rings. The molecule has 0 aliphatic carbocycles. The molecule has 0 bridgehead atoms. The second-order valence-corrected chi connectivity index (χ2v) is 6.36. The van der Waals surface area contributed by atoms with Crippen LogP contribution in [0.15, 0.2) is 35.7 Å². The topological polar surface area (TPSA) is 103 Å². The number of unbranched alkanes of at least 4 members (excludes halogenated alkanes) is 6. The number of hydrogen-bond donors (Lipinski definition) is 0. The fourth-order valence-corrected chi connectivity index (χ4v) is 2.55. The molecule has 0 N–H and O–H groups in total. The second-order valence-electron chi connectivity index (χ2n) is 6.36. The van der Waals surface area contributed by atoms with Gasteiger partial charge in [-0.15, -0.1) is 0 Å². The highest BCUT2D eigenvalue weighted by molar-refractivity contribution is 5.50. The van der Waals surface area contributed by atoms with Crippen molar-refractivity contribution in [3.63, 3.8) is 0 Å². The van der Waals surface area contributed by atoms with E-state index in [9.17, 15) is 25.0 Å². The predicted molar refractivity (Wildman–Crippen MR) is 106 cm³/mol. The van der Waals surface area contributed by atoms with E-state index in [1.807, 2.05) is 6.29 Å². The van der Waals surface area contributed by atoms with Gasteiger partial charge in [0.1, 0.15) is 0 Å². The molecule has 27 heavy (non-hydrogen) atoms. The first-order valence-corrected chi connectivity index (χ1v) is 9.69. The van der Waals surface area contributed by atoms with Gasteiger partial charge >= 0.3 is 0 Å². The standard InChI is InChI=1S/C20H31N2O5/c1-2-3-9-14-19(21(24)25)16-11-6-7-12-17-20(22(26)27)15-10-5-4-8-13-18-23/h6-7,16-17H,2-5,8-15H2,1H3/b7-6+,19-16-,20-17-. The van der Waals surface area contributed by atoms with Crippen LogP contribution in [-0.2, 0) is 4.79 Å². The van der Waals surface area contributed by atoms with Crippen LogP contribution in [0, 0.1) is 20.2 Å². The molecular weight excluding hydrogens is 348 g/mol. The lowest BCUT2D eigenvalue weighted by molar-refractivity contribution is -0.428. The predicted octanol–water partition coefficient (Wildman–Crippen LogP) is 5.67. The van der Waals surface area contributed by atoms with E-state index in [1.165, 1.54) is 0 Å². The molecule has 7 nitrogen and oxygen atoms in total. The van der Waals surface area contributed by atoms with Crippen LogP contribution in [0.1, 0.15) is 84.0 Å². The number of rotatable bonds is 17. The maximum Gasteiger partial charge on any atom is 0.242 e. The normalized spacial score (nSPS) is 12.5. The summed E-state index contributed by atoms with van der Waals surface area (Å²) in [4.78, 5) is 31.4. The van der Waals surface area contributed by atoms with Crippen LogP contribution in [0.2, 0.25) is 0 Å². The number of allylic oxidation sites excluding steroid dienone is 6. The monoisotopic (exact) mass is 379 g/mol. The minimum atomic E-state index is -0.356. The Labute approximate surface area is 161 Å². The van der Waals surface area contributed by atoms with Gasteiger partial charge in [0.05, 0.1) is 9.85 Å². The summed E-state index contributed by atoms with van der Waals surface area (Å²) in [7, 11) is 0. The van der Waals surface area contributed by atoms with Crippen molar-refractivity contribution in [2.24, 2.45) is 0 Å². The lowest BCUT2D eigenvalue weighted by Gasteiger charge is -1.99. The van der Waals surface area contributed by atoms with Gasteiger partial charge in [-0.05, 0) is 44.3 Å². The van der Waals surface area contributed by atoms with Gasteiger partial charge in [0, 0.05) is 19.3 Å². The van der Waals surface area contributed by atoms with Crippen LogP contribution >= 0.6 is 0 Å². The Morgan fingerprint density at radius 2 is 1.30 bits per heavy atom. The number of hydrogen-bond acceptors (Lipinski definition) is 5. The highest BCUT2D eigenvalue weighted by atomic mass is 16.6. The maximum absolute atomic E-state index is 11.1. The molecule has 151 valence electrons. The fourth-order valence-electron chi connectivity index (χ4n) is 2.55. The molecule has 0 aromatic heterocycles. The Balaban J connectivity index is 4.29. The van der Waals surface area contributed by atoms with Gasteiger partial charge in [0.2, 0.25) is 11.4 Å². The van der Waals surface area contributed by atoms with Gasteiger partial charge in [0.15, 0.2) is 6.29 Å². The number of nitro groups is 2. The molecule has 0 rings (SSSR count). The zero-order chi connectivity index (χ0) is 20.3. The minimum absolute atomic E-state index is 0.197. The third-order valence-corrected chi connectivity index (χ3v) is 4.11. The van der Waals surface area contributed by atoms with Crippen LogP contribution in [0.5, 0.6) is 0 Å². The Morgan fingerprint density at radius 3 is 1.74 bits per heavy atom. The van der Waals surface area contributed by atoms with E-state index in [4.69, 9.17) is 0 Å². The maximum atomic E-state index is 11.1. The Hall–Kier alpha value is -2.31. The van der Waals surface area contributed by atoms with Crippen molar-refractivity contribution >= 4 is 6.29 Å². The van der Waals surface area contributed by atoms with Crippen LogP contribution in [0.4, 0.5) is 0 Å². The Bertz CT molecular complexity index is 538. The summed E-state index contributed by atoms with van der Waals surface area (Å²) in [6.45, 7) is 2.05. The van der Waals surface area contributed by atoms with Crippen molar-refractivity contribution in [2.75, 3.05) is 0 Å². The molecule has 0 aromatic rings. The lowest BCUT2D eigenvalue weighted by atomic mass is 10.1. The highest BCUT2D eigenvalue weighted by Crippen LogP contribution is 2.13. The minimum Gasteiger partial charge on any atom is -0.291 e. The van der Waals surface area contributed by atoms with Gasteiger partial charge in [-0.3, -0.25) is 25.0 Å². The van der Waals surface area contributed by atoms with Gasteiger partial charge < -0.3 is 0 Å². The second kappa shape index (κ2) is 17.1. The molecule has 1 radical (unpaired) electrons. The van der Waals surface area contributed by atoms with Gasteiger partial charge in [-0.25, -0.2) is 0 Å². The third-order valence-electron chi connectivity index (χ3n) is 4.11. The summed E-state index contributed by atoms with van der Waals surface area (Å²) >= 11 is 0. The quantitative estimate of drug-likeness (QED) is 0.140. The van der Waals surface area contributed by atoms with E-state index in [0.717, 1.165) is 44.9 Å². The third kappa shape index (κ3) is 14.5. The Kier molecular flexibility index (Phi) is 15.7. The van der Waals surface area contributed by atoms with Crippen LogP contribution < -0.4 is 0 Å². The lowest BCUT2D eigenvalue weighted by Crippen LogP contribution is -1.99. The summed E-state index contributed by atoms with van der Waals surface area (Å²) < 4.78 is 0. The average molecular weight is 379 g/mol. The van der Waals surface area contributed by atoms with E-state index >= 15 is 0 Å². The molecule has 0 aliphatic heterocycles. The largest absolute Gasteiger partial charge is 0.291 e. The molecule has 0 saturated heterocycles. The average Bonchev–Trinajstić information content (AvgIpc) is 2.63. The van der Waals surface area contributed by atoms with Crippen LogP contribution in [0.25, 0.3) is 0 Å². The molecule has 0 heterocycles. The zero-order valence-corrected chi connectivity index (χ0v) is 16.2. The van der Waals surface area contributed by atoms with E-state index < -0.39 is 0 Å². The summed E-state index contributed by atoms with van der Waals surface area (Å²) in [6, 6.07) is 0. The summed E-state index contributed by atoms with van der Waals surface area (Å²) in [5, 5.41) is 22.0. The summed E-state index contributed by atoms with van der Waals surface area (Å²) in [6.07, 6.45) is 16.9. The van der Waals surface area contributed by atoms with Crippen molar-refractivity contribution in [3.05, 3.63) is 55.9 Å². The van der Waals surface area contributed by atoms with Crippen molar-refractivity contribution in [3.8, 4) is 0 Å². The van der Waals surface area contributed by atoms with E-state index in [-0.39, 0.29) is 21.2 Å². The molecule has 0 atom stereocenters. The summed E-state index contributed by atoms with van der Waals surface area (Å²) in [5.41, 5.74) is 0.435. The fraction of sp³-hybridized carbons (Fsp3) is 0.650. The smallest absolute Gasteiger partial charge is 0.242 e. The van der Waals surface area contributed by atoms with Crippen molar-refractivity contribution < 1.29 is 14.6 Å². The number of nitrogens with zero attached hydrogens (tertiary/aromatic N) is 2. The molecule has 0 aliphatic rings. The number of carbonyl (C=O) groups excluding carboxylic acids is 1. The first kappa shape index (κ1) is 24.7.